The molecule has 0 saturated carbocycles. The lowest BCUT2D eigenvalue weighted by Crippen LogP contribution is -2.55. The number of rotatable bonds is 8. The third-order valence-corrected chi connectivity index (χ3v) is 11.2. The van der Waals surface area contributed by atoms with E-state index >= 15 is 0 Å². The Balaban J connectivity index is 2.11. The van der Waals surface area contributed by atoms with Gasteiger partial charge in [-0.2, -0.15) is 0 Å². The first-order valence-electron chi connectivity index (χ1n) is 10.6. The highest BCUT2D eigenvalue weighted by Gasteiger charge is 2.55. The molecule has 2 aliphatic rings. The van der Waals surface area contributed by atoms with E-state index in [0.717, 1.165) is 0 Å². The molecule has 1 aliphatic heterocycles. The van der Waals surface area contributed by atoms with Crippen LogP contribution in [0, 0.1) is 5.92 Å². The minimum Gasteiger partial charge on any atom is -0.445 e. The lowest BCUT2D eigenvalue weighted by Gasteiger charge is -2.41. The van der Waals surface area contributed by atoms with Gasteiger partial charge in [0, 0.05) is 19.6 Å². The largest absolute Gasteiger partial charge is 0.445 e. The summed E-state index contributed by atoms with van der Waals surface area (Å²) in [4.78, 5) is 27.0. The zero-order valence-corrected chi connectivity index (χ0v) is 20.3. The molecule has 6 nitrogen and oxygen atoms in total. The molecule has 1 heterocycles. The van der Waals surface area contributed by atoms with Gasteiger partial charge in [-0.15, -0.1) is 0 Å². The minimum absolute atomic E-state index is 0.00561. The summed E-state index contributed by atoms with van der Waals surface area (Å²) < 4.78 is 17.3. The van der Waals surface area contributed by atoms with E-state index in [2.05, 4.69) is 40.4 Å². The number of methoxy groups -OCH3 is 1. The third kappa shape index (κ3) is 5.13. The Bertz CT molecular complexity index is 709. The molecular formula is C23H37NO5Si. The van der Waals surface area contributed by atoms with Crippen LogP contribution in [0.15, 0.2) is 37.0 Å². The number of hydrogen-bond donors (Lipinski definition) is 0. The van der Waals surface area contributed by atoms with Crippen molar-refractivity contribution in [2.45, 2.75) is 63.4 Å². The normalized spacial score (nSPS) is 26.9. The summed E-state index contributed by atoms with van der Waals surface area (Å²) >= 11 is 0. The van der Waals surface area contributed by atoms with Crippen LogP contribution >= 0.6 is 0 Å². The van der Waals surface area contributed by atoms with E-state index in [0.29, 0.717) is 26.0 Å². The van der Waals surface area contributed by atoms with Crippen molar-refractivity contribution in [2.75, 3.05) is 26.9 Å². The van der Waals surface area contributed by atoms with Gasteiger partial charge in [0.05, 0.1) is 12.6 Å². The fourth-order valence-electron chi connectivity index (χ4n) is 3.83. The van der Waals surface area contributed by atoms with E-state index < -0.39 is 20.0 Å². The summed E-state index contributed by atoms with van der Waals surface area (Å²) in [6.45, 7) is 15.8. The first kappa shape index (κ1) is 24.6. The second-order valence-electron chi connectivity index (χ2n) is 9.53. The summed E-state index contributed by atoms with van der Waals surface area (Å²) in [5.41, 5.74) is -0.656. The van der Waals surface area contributed by atoms with Crippen LogP contribution in [0.25, 0.3) is 0 Å². The zero-order chi connectivity index (χ0) is 22.6. The van der Waals surface area contributed by atoms with E-state index in [1.165, 1.54) is 6.08 Å². The zero-order valence-electron chi connectivity index (χ0n) is 19.3. The number of amides is 1. The fraction of sp³-hybridized carbons (Fsp3) is 0.652. The molecule has 0 spiro atoms. The highest BCUT2D eigenvalue weighted by Crippen LogP contribution is 2.42. The van der Waals surface area contributed by atoms with Crippen LogP contribution in [-0.2, 0) is 18.7 Å². The minimum atomic E-state index is -1.81. The molecule has 0 N–H and O–H groups in total. The van der Waals surface area contributed by atoms with Crippen LogP contribution in [0.2, 0.25) is 18.1 Å². The first-order valence-corrected chi connectivity index (χ1v) is 13.5. The Morgan fingerprint density at radius 3 is 2.63 bits per heavy atom. The summed E-state index contributed by atoms with van der Waals surface area (Å²) in [6.07, 6.45) is 9.63. The van der Waals surface area contributed by atoms with Gasteiger partial charge >= 0.3 is 6.09 Å². The predicted molar refractivity (Wildman–Crippen MR) is 121 cm³/mol. The van der Waals surface area contributed by atoms with Crippen molar-refractivity contribution in [1.82, 2.24) is 4.90 Å². The van der Waals surface area contributed by atoms with Gasteiger partial charge in [-0.05, 0) is 43.1 Å². The molecule has 3 atom stereocenters. The molecule has 0 aromatic carbocycles. The second-order valence-corrected chi connectivity index (χ2v) is 14.3. The molecule has 1 saturated heterocycles. The molecule has 0 unspecified atom stereocenters. The van der Waals surface area contributed by atoms with E-state index in [1.54, 1.807) is 18.1 Å². The van der Waals surface area contributed by atoms with Crippen molar-refractivity contribution < 1.29 is 23.5 Å². The van der Waals surface area contributed by atoms with E-state index in [9.17, 15) is 9.59 Å². The molecule has 0 bridgehead atoms. The van der Waals surface area contributed by atoms with Gasteiger partial charge < -0.3 is 18.8 Å². The van der Waals surface area contributed by atoms with Gasteiger partial charge in [0.15, 0.2) is 14.1 Å². The smallest absolute Gasteiger partial charge is 0.410 e. The number of likely N-dealkylation sites (tertiary alicyclic amines) is 1. The average molecular weight is 436 g/mol. The van der Waals surface area contributed by atoms with E-state index in [1.807, 2.05) is 18.2 Å². The van der Waals surface area contributed by atoms with E-state index in [4.69, 9.17) is 13.9 Å². The lowest BCUT2D eigenvalue weighted by molar-refractivity contribution is -0.124. The van der Waals surface area contributed by atoms with Crippen LogP contribution < -0.4 is 0 Å². The average Bonchev–Trinajstić information content (AvgIpc) is 3.07. The second kappa shape index (κ2) is 9.62. The SMILES string of the molecule is C=CCOC(=O)N1CC[C@@]2(OC)C=CC(=O)[C@H](C/C=C\CO[Si](C)(C)C(C)(C)C)[C@@H]12. The Labute approximate surface area is 182 Å². The first-order chi connectivity index (χ1) is 14.0. The molecule has 1 fully saturated rings. The monoisotopic (exact) mass is 435 g/mol. The number of fused-ring (bicyclic) bond motifs is 1. The number of carbonyl (C=O) groups excluding carboxylic acids is 2. The molecule has 0 radical (unpaired) electrons. The highest BCUT2D eigenvalue weighted by atomic mass is 28.4. The number of carbonyl (C=O) groups is 2. The quantitative estimate of drug-likeness (QED) is 0.415. The molecule has 0 aromatic heterocycles. The number of hydrogen-bond acceptors (Lipinski definition) is 5. The molecule has 2 rings (SSSR count). The fourth-order valence-corrected chi connectivity index (χ4v) is 4.77. The molecular weight excluding hydrogens is 398 g/mol. The van der Waals surface area contributed by atoms with Gasteiger partial charge in [-0.3, -0.25) is 4.79 Å². The van der Waals surface area contributed by atoms with Gasteiger partial charge in [-0.25, -0.2) is 4.79 Å². The van der Waals surface area contributed by atoms with Crippen LogP contribution in [-0.4, -0.2) is 63.6 Å². The van der Waals surface area contributed by atoms with Gasteiger partial charge in [-0.1, -0.05) is 45.6 Å². The van der Waals surface area contributed by atoms with Gasteiger partial charge in [0.25, 0.3) is 0 Å². The molecule has 30 heavy (non-hydrogen) atoms. The molecule has 168 valence electrons. The van der Waals surface area contributed by atoms with Crippen LogP contribution in [0.4, 0.5) is 4.79 Å². The number of ether oxygens (including phenoxy) is 2. The van der Waals surface area contributed by atoms with Crippen LogP contribution in [0.1, 0.15) is 33.6 Å². The maximum atomic E-state index is 12.7. The molecule has 1 aliphatic carbocycles. The van der Waals surface area contributed by atoms with Crippen molar-refractivity contribution in [3.8, 4) is 0 Å². The Kier molecular flexibility index (Phi) is 7.88. The van der Waals surface area contributed by atoms with E-state index in [-0.39, 0.29) is 29.4 Å². The summed E-state index contributed by atoms with van der Waals surface area (Å²) in [7, 11) is -0.182. The summed E-state index contributed by atoms with van der Waals surface area (Å²) in [5.74, 6) is -0.371. The Hall–Kier alpha value is -1.70. The standard InChI is InChI=1S/C23H37NO5Si/c1-8-16-28-21(26)24-15-14-23(27-5)13-12-19(25)18(20(23)24)11-9-10-17-29-30(6,7)22(2,3)4/h8-10,12-13,18,20H,1,11,14-17H2,2-7H3/b10-9-/t18-,20+,23-/m0/s1. The topological polar surface area (TPSA) is 65.1 Å². The van der Waals surface area contributed by atoms with Crippen molar-refractivity contribution in [3.63, 3.8) is 0 Å². The van der Waals surface area contributed by atoms with Crippen molar-refractivity contribution in [3.05, 3.63) is 37.0 Å². The van der Waals surface area contributed by atoms with Crippen LogP contribution in [0.3, 0.4) is 0 Å². The van der Waals surface area contributed by atoms with Gasteiger partial charge in [0.2, 0.25) is 0 Å². The Morgan fingerprint density at radius 1 is 1.33 bits per heavy atom. The predicted octanol–water partition coefficient (Wildman–Crippen LogP) is 4.49. The highest BCUT2D eigenvalue weighted by molar-refractivity contribution is 6.74. The van der Waals surface area contributed by atoms with Gasteiger partial charge in [0.1, 0.15) is 12.2 Å². The number of allylic oxidation sites excluding steroid dienone is 2. The number of ketones is 1. The van der Waals surface area contributed by atoms with Crippen molar-refractivity contribution >= 4 is 20.2 Å². The third-order valence-electron chi connectivity index (χ3n) is 6.70. The molecule has 1 amide bonds. The summed E-state index contributed by atoms with van der Waals surface area (Å²) in [6, 6.07) is -0.386. The Morgan fingerprint density at radius 2 is 2.03 bits per heavy atom. The maximum Gasteiger partial charge on any atom is 0.410 e. The lowest BCUT2D eigenvalue weighted by atomic mass is 9.76. The van der Waals surface area contributed by atoms with Crippen molar-refractivity contribution in [2.24, 2.45) is 5.92 Å². The molecule has 0 aromatic rings. The van der Waals surface area contributed by atoms with Crippen LogP contribution in [0.5, 0.6) is 0 Å². The summed E-state index contributed by atoms with van der Waals surface area (Å²) in [5, 5.41) is 0.152. The molecule has 7 heteroatoms. The maximum absolute atomic E-state index is 12.7. The number of nitrogens with zero attached hydrogens (tertiary/aromatic N) is 1. The van der Waals surface area contributed by atoms with Crippen molar-refractivity contribution in [1.29, 1.82) is 0 Å².